The number of nitro groups is 1. The van der Waals surface area contributed by atoms with Crippen molar-refractivity contribution in [2.24, 2.45) is 0 Å². The van der Waals surface area contributed by atoms with E-state index in [-0.39, 0.29) is 28.1 Å². The molecule has 7 nitrogen and oxygen atoms in total. The second-order valence-corrected chi connectivity index (χ2v) is 6.60. The molecule has 0 aliphatic heterocycles. The summed E-state index contributed by atoms with van der Waals surface area (Å²) in [6, 6.07) is 13.6. The van der Waals surface area contributed by atoms with Crippen molar-refractivity contribution in [2.75, 3.05) is 11.1 Å². The highest BCUT2D eigenvalue weighted by Crippen LogP contribution is 2.27. The number of halogens is 1. The molecule has 2 aromatic carbocycles. The van der Waals surface area contributed by atoms with Crippen molar-refractivity contribution in [1.82, 2.24) is 9.97 Å². The average Bonchev–Trinajstić information content (AvgIpc) is 3.11. The number of imidazole rings is 1. The number of carbonyl (C=O) groups excluding carboxylic acids is 1. The van der Waals surface area contributed by atoms with E-state index in [9.17, 15) is 14.9 Å². The third-order valence-corrected chi connectivity index (χ3v) is 4.63. The van der Waals surface area contributed by atoms with Gasteiger partial charge in [0.05, 0.1) is 33.3 Å². The minimum atomic E-state index is -0.547. The van der Waals surface area contributed by atoms with E-state index in [1.807, 2.05) is 30.3 Å². The van der Waals surface area contributed by atoms with Gasteiger partial charge in [-0.1, -0.05) is 53.7 Å². The first-order valence-electron chi connectivity index (χ1n) is 7.50. The lowest BCUT2D eigenvalue weighted by atomic mass is 10.2. The second kappa shape index (κ2) is 8.03. The lowest BCUT2D eigenvalue weighted by Gasteiger charge is -2.06. The minimum Gasteiger partial charge on any atom is -0.333 e. The predicted molar refractivity (Wildman–Crippen MR) is 101 cm³/mol. The Labute approximate surface area is 157 Å². The first-order valence-corrected chi connectivity index (χ1v) is 8.86. The lowest BCUT2D eigenvalue weighted by molar-refractivity contribution is -0.384. The number of carbonyl (C=O) groups is 1. The molecule has 0 saturated heterocycles. The van der Waals surface area contributed by atoms with Crippen LogP contribution >= 0.6 is 23.4 Å². The fourth-order valence-electron chi connectivity index (χ4n) is 2.18. The molecule has 1 amide bonds. The van der Waals surface area contributed by atoms with Gasteiger partial charge in [0.2, 0.25) is 5.91 Å². The van der Waals surface area contributed by atoms with Gasteiger partial charge >= 0.3 is 0 Å². The maximum Gasteiger partial charge on any atom is 0.271 e. The topological polar surface area (TPSA) is 101 Å². The van der Waals surface area contributed by atoms with Gasteiger partial charge in [-0.2, -0.15) is 0 Å². The number of hydrogen-bond donors (Lipinski definition) is 2. The number of nitro benzene ring substituents is 1. The van der Waals surface area contributed by atoms with Gasteiger partial charge in [0.1, 0.15) is 0 Å². The molecule has 132 valence electrons. The molecule has 0 aliphatic carbocycles. The molecule has 26 heavy (non-hydrogen) atoms. The van der Waals surface area contributed by atoms with Crippen LogP contribution in [0.4, 0.5) is 11.4 Å². The number of benzene rings is 2. The summed E-state index contributed by atoms with van der Waals surface area (Å²) in [5.74, 6) is -0.254. The normalized spacial score (nSPS) is 10.5. The van der Waals surface area contributed by atoms with Crippen LogP contribution in [0.25, 0.3) is 11.3 Å². The predicted octanol–water partition coefficient (Wildman–Crippen LogP) is 4.37. The number of H-pyrrole nitrogens is 1. The van der Waals surface area contributed by atoms with Crippen molar-refractivity contribution in [3.05, 3.63) is 69.9 Å². The Hall–Kier alpha value is -2.84. The molecule has 1 aromatic heterocycles. The zero-order chi connectivity index (χ0) is 18.5. The third kappa shape index (κ3) is 4.41. The first kappa shape index (κ1) is 18.0. The number of amides is 1. The molecule has 2 N–H and O–H groups in total. The summed E-state index contributed by atoms with van der Waals surface area (Å²) in [6.45, 7) is 0. The highest BCUT2D eigenvalue weighted by atomic mass is 35.5. The van der Waals surface area contributed by atoms with E-state index in [0.29, 0.717) is 5.16 Å². The minimum absolute atomic E-state index is 0.0841. The molecule has 0 saturated carbocycles. The van der Waals surface area contributed by atoms with Gasteiger partial charge < -0.3 is 10.3 Å². The zero-order valence-electron chi connectivity index (χ0n) is 13.3. The van der Waals surface area contributed by atoms with Crippen molar-refractivity contribution < 1.29 is 9.72 Å². The first-order chi connectivity index (χ1) is 12.5. The van der Waals surface area contributed by atoms with Crippen LogP contribution in [-0.4, -0.2) is 26.6 Å². The van der Waals surface area contributed by atoms with Crippen LogP contribution < -0.4 is 5.32 Å². The monoisotopic (exact) mass is 388 g/mol. The number of thioether (sulfide) groups is 1. The van der Waals surface area contributed by atoms with Crippen LogP contribution in [0.15, 0.2) is 59.9 Å². The molecule has 0 bridgehead atoms. The van der Waals surface area contributed by atoms with Gasteiger partial charge in [-0.05, 0) is 11.6 Å². The fourth-order valence-corrected chi connectivity index (χ4v) is 3.00. The Balaban J connectivity index is 1.61. The molecule has 0 spiro atoms. The van der Waals surface area contributed by atoms with E-state index in [4.69, 9.17) is 11.6 Å². The Morgan fingerprint density at radius 3 is 2.77 bits per heavy atom. The number of aromatic nitrogens is 2. The van der Waals surface area contributed by atoms with Crippen LogP contribution in [0, 0.1) is 10.1 Å². The molecule has 9 heteroatoms. The van der Waals surface area contributed by atoms with E-state index < -0.39 is 4.92 Å². The lowest BCUT2D eigenvalue weighted by Crippen LogP contribution is -2.14. The number of rotatable bonds is 6. The van der Waals surface area contributed by atoms with Gasteiger partial charge in [-0.3, -0.25) is 14.9 Å². The Morgan fingerprint density at radius 1 is 1.27 bits per heavy atom. The van der Waals surface area contributed by atoms with Crippen molar-refractivity contribution in [3.63, 3.8) is 0 Å². The summed E-state index contributed by atoms with van der Waals surface area (Å²) in [7, 11) is 0. The number of non-ortho nitro benzene ring substituents is 1. The highest BCUT2D eigenvalue weighted by molar-refractivity contribution is 7.99. The number of nitrogens with zero attached hydrogens (tertiary/aromatic N) is 2. The third-order valence-electron chi connectivity index (χ3n) is 3.41. The molecule has 3 rings (SSSR count). The van der Waals surface area contributed by atoms with E-state index in [1.54, 1.807) is 6.20 Å². The van der Waals surface area contributed by atoms with E-state index in [1.165, 1.54) is 30.0 Å². The maximum atomic E-state index is 12.1. The number of aromatic amines is 1. The van der Waals surface area contributed by atoms with Crippen LogP contribution in [0.2, 0.25) is 5.02 Å². The van der Waals surface area contributed by atoms with Crippen LogP contribution in [0.5, 0.6) is 0 Å². The van der Waals surface area contributed by atoms with Gasteiger partial charge in [-0.25, -0.2) is 4.98 Å². The second-order valence-electron chi connectivity index (χ2n) is 5.23. The molecule has 0 aliphatic rings. The fraction of sp³-hybridized carbons (Fsp3) is 0.0588. The molecule has 0 unspecified atom stereocenters. The molecule has 0 radical (unpaired) electrons. The number of anilines is 1. The Kier molecular flexibility index (Phi) is 5.55. The van der Waals surface area contributed by atoms with Gasteiger partial charge in [0.25, 0.3) is 5.69 Å². The van der Waals surface area contributed by atoms with Gasteiger partial charge in [0.15, 0.2) is 5.16 Å². The van der Waals surface area contributed by atoms with Crippen LogP contribution in [0.1, 0.15) is 0 Å². The zero-order valence-corrected chi connectivity index (χ0v) is 14.9. The summed E-state index contributed by atoms with van der Waals surface area (Å²) in [5, 5.41) is 14.2. The Morgan fingerprint density at radius 2 is 2.04 bits per heavy atom. The van der Waals surface area contributed by atoms with E-state index in [0.717, 1.165) is 11.3 Å². The van der Waals surface area contributed by atoms with Crippen LogP contribution in [0.3, 0.4) is 0 Å². The molecule has 1 heterocycles. The smallest absolute Gasteiger partial charge is 0.271 e. The summed E-state index contributed by atoms with van der Waals surface area (Å²) in [5.41, 5.74) is 1.92. The molecule has 3 aromatic rings. The standard InChI is InChI=1S/C17H13ClN4O3S/c18-13-7-6-12(22(24)25)8-14(13)20-16(23)10-26-17-19-9-15(21-17)11-4-2-1-3-5-11/h1-9H,10H2,(H,19,21)(H,20,23). The average molecular weight is 389 g/mol. The maximum absolute atomic E-state index is 12.1. The van der Waals surface area contributed by atoms with E-state index >= 15 is 0 Å². The number of hydrogen-bond acceptors (Lipinski definition) is 5. The summed E-state index contributed by atoms with van der Waals surface area (Å²) < 4.78 is 0. The molecule has 0 fully saturated rings. The molecular formula is C17H13ClN4O3S. The largest absolute Gasteiger partial charge is 0.333 e. The SMILES string of the molecule is O=C(CSc1ncc(-c2ccccc2)[nH]1)Nc1cc([N+](=O)[O-])ccc1Cl. The van der Waals surface area contributed by atoms with E-state index in [2.05, 4.69) is 15.3 Å². The summed E-state index contributed by atoms with van der Waals surface area (Å²) in [4.78, 5) is 29.7. The van der Waals surface area contributed by atoms with Crippen molar-refractivity contribution in [2.45, 2.75) is 5.16 Å². The summed E-state index contributed by atoms with van der Waals surface area (Å²) >= 11 is 7.19. The van der Waals surface area contributed by atoms with Crippen molar-refractivity contribution in [3.8, 4) is 11.3 Å². The highest BCUT2D eigenvalue weighted by Gasteiger charge is 2.13. The number of nitrogens with one attached hydrogen (secondary N) is 2. The molecular weight excluding hydrogens is 376 g/mol. The Bertz CT molecular complexity index is 946. The van der Waals surface area contributed by atoms with Gasteiger partial charge in [-0.15, -0.1) is 0 Å². The van der Waals surface area contributed by atoms with Crippen molar-refractivity contribution >= 4 is 40.6 Å². The van der Waals surface area contributed by atoms with Crippen LogP contribution in [-0.2, 0) is 4.79 Å². The van der Waals surface area contributed by atoms with Gasteiger partial charge in [0, 0.05) is 12.1 Å². The van der Waals surface area contributed by atoms with Crippen molar-refractivity contribution in [1.29, 1.82) is 0 Å². The quantitative estimate of drug-likeness (QED) is 0.371. The molecule has 0 atom stereocenters. The summed E-state index contributed by atoms with van der Waals surface area (Å²) in [6.07, 6.45) is 1.70.